The van der Waals surface area contributed by atoms with Gasteiger partial charge in [0.2, 0.25) is 5.89 Å². The molecule has 6 nitrogen and oxygen atoms in total. The smallest absolute Gasteiger partial charge is 0.338 e. The van der Waals surface area contributed by atoms with Crippen molar-refractivity contribution in [2.24, 2.45) is 0 Å². The number of hydrogen-bond donors (Lipinski definition) is 0. The van der Waals surface area contributed by atoms with Gasteiger partial charge in [-0.15, -0.1) is 0 Å². The quantitative estimate of drug-likeness (QED) is 0.437. The van der Waals surface area contributed by atoms with E-state index in [9.17, 15) is 4.79 Å². The van der Waals surface area contributed by atoms with Gasteiger partial charge in [-0.05, 0) is 40.2 Å². The summed E-state index contributed by atoms with van der Waals surface area (Å²) in [6.45, 7) is -0.0283. The van der Waals surface area contributed by atoms with Crippen LogP contribution in [-0.2, 0) is 11.3 Å². The molecule has 0 radical (unpaired) electrons. The molecule has 134 valence electrons. The molecule has 0 spiro atoms. The van der Waals surface area contributed by atoms with E-state index >= 15 is 0 Å². The van der Waals surface area contributed by atoms with E-state index in [4.69, 9.17) is 9.15 Å². The highest BCUT2D eigenvalue weighted by molar-refractivity contribution is 9.10. The lowest BCUT2D eigenvalue weighted by Gasteiger charge is -2.04. The van der Waals surface area contributed by atoms with E-state index in [1.54, 1.807) is 41.3 Å². The molecule has 2 aromatic heterocycles. The molecule has 0 aliphatic carbocycles. The van der Waals surface area contributed by atoms with Crippen molar-refractivity contribution in [3.8, 4) is 17.0 Å². The van der Waals surface area contributed by atoms with Crippen molar-refractivity contribution in [1.82, 2.24) is 14.8 Å². The van der Waals surface area contributed by atoms with Crippen molar-refractivity contribution in [3.05, 3.63) is 89.1 Å². The van der Waals surface area contributed by atoms with Gasteiger partial charge in [-0.1, -0.05) is 30.3 Å². The summed E-state index contributed by atoms with van der Waals surface area (Å²) >= 11 is 3.35. The Morgan fingerprint density at radius 3 is 2.56 bits per heavy atom. The number of ether oxygens (including phenoxy) is 1. The van der Waals surface area contributed by atoms with Gasteiger partial charge in [-0.25, -0.2) is 14.5 Å². The molecular formula is C20H14BrN3O3. The van der Waals surface area contributed by atoms with Crippen molar-refractivity contribution in [1.29, 1.82) is 0 Å². The van der Waals surface area contributed by atoms with Gasteiger partial charge in [0.05, 0.1) is 28.1 Å². The molecule has 7 heteroatoms. The Labute approximate surface area is 163 Å². The van der Waals surface area contributed by atoms with Crippen LogP contribution in [0.4, 0.5) is 0 Å². The van der Waals surface area contributed by atoms with Crippen LogP contribution in [0.2, 0.25) is 0 Å². The van der Waals surface area contributed by atoms with Crippen LogP contribution in [0.3, 0.4) is 0 Å². The number of aromatic nitrogens is 3. The predicted octanol–water partition coefficient (Wildman–Crippen LogP) is 4.65. The number of esters is 1. The Bertz CT molecular complexity index is 1060. The van der Waals surface area contributed by atoms with E-state index in [2.05, 4.69) is 26.0 Å². The molecule has 2 aromatic carbocycles. The van der Waals surface area contributed by atoms with Crippen molar-refractivity contribution >= 4 is 21.9 Å². The Morgan fingerprint density at radius 2 is 1.85 bits per heavy atom. The van der Waals surface area contributed by atoms with Crippen LogP contribution in [0.25, 0.3) is 17.0 Å². The highest BCUT2D eigenvalue weighted by Crippen LogP contribution is 2.20. The maximum Gasteiger partial charge on any atom is 0.338 e. The summed E-state index contributed by atoms with van der Waals surface area (Å²) in [6, 6.07) is 16.6. The van der Waals surface area contributed by atoms with Crippen LogP contribution in [0.1, 0.15) is 16.2 Å². The average Bonchev–Trinajstić information content (AvgIpc) is 3.36. The monoisotopic (exact) mass is 423 g/mol. The third kappa shape index (κ3) is 3.98. The van der Waals surface area contributed by atoms with Gasteiger partial charge in [0.15, 0.2) is 12.4 Å². The highest BCUT2D eigenvalue weighted by Gasteiger charge is 2.11. The SMILES string of the molecule is O=C(OCc1ncc(-c2ccccc2)o1)c1ccc(-n2cc(Br)cn2)cc1. The second-order valence-electron chi connectivity index (χ2n) is 5.71. The van der Waals surface area contributed by atoms with Crippen molar-refractivity contribution in [2.45, 2.75) is 6.61 Å². The van der Waals surface area contributed by atoms with E-state index in [1.807, 2.05) is 36.5 Å². The number of halogens is 1. The first-order chi connectivity index (χ1) is 13.2. The zero-order valence-corrected chi connectivity index (χ0v) is 15.7. The summed E-state index contributed by atoms with van der Waals surface area (Å²) in [6.07, 6.45) is 5.15. The van der Waals surface area contributed by atoms with E-state index in [1.165, 1.54) is 0 Å². The van der Waals surface area contributed by atoms with Crippen molar-refractivity contribution in [2.75, 3.05) is 0 Å². The van der Waals surface area contributed by atoms with Gasteiger partial charge in [-0.3, -0.25) is 0 Å². The molecule has 2 heterocycles. The maximum atomic E-state index is 12.2. The largest absolute Gasteiger partial charge is 0.452 e. The number of nitrogens with zero attached hydrogens (tertiary/aromatic N) is 3. The zero-order valence-electron chi connectivity index (χ0n) is 14.1. The van der Waals surface area contributed by atoms with Gasteiger partial charge in [0, 0.05) is 11.8 Å². The molecule has 0 aliphatic heterocycles. The summed E-state index contributed by atoms with van der Waals surface area (Å²) in [7, 11) is 0. The summed E-state index contributed by atoms with van der Waals surface area (Å²) < 4.78 is 13.5. The first-order valence-corrected chi connectivity index (χ1v) is 8.96. The average molecular weight is 424 g/mol. The number of rotatable bonds is 5. The zero-order chi connectivity index (χ0) is 18.6. The van der Waals surface area contributed by atoms with Gasteiger partial charge in [0.1, 0.15) is 0 Å². The lowest BCUT2D eigenvalue weighted by molar-refractivity contribution is 0.0439. The fraction of sp³-hybridized carbons (Fsp3) is 0.0500. The van der Waals surface area contributed by atoms with Crippen LogP contribution >= 0.6 is 15.9 Å². The molecule has 0 aliphatic rings. The van der Waals surface area contributed by atoms with Crippen LogP contribution in [-0.4, -0.2) is 20.7 Å². The fourth-order valence-corrected chi connectivity index (χ4v) is 2.80. The standard InChI is InChI=1S/C20H14BrN3O3/c21-16-10-23-24(12-16)17-8-6-15(7-9-17)20(25)26-13-19-22-11-18(27-19)14-4-2-1-3-5-14/h1-12H,13H2. The Hall–Kier alpha value is -3.19. The summed E-state index contributed by atoms with van der Waals surface area (Å²) in [5, 5.41) is 4.20. The topological polar surface area (TPSA) is 70.2 Å². The summed E-state index contributed by atoms with van der Waals surface area (Å²) in [4.78, 5) is 16.4. The lowest BCUT2D eigenvalue weighted by Crippen LogP contribution is -2.05. The molecule has 0 saturated heterocycles. The second-order valence-corrected chi connectivity index (χ2v) is 6.63. The van der Waals surface area contributed by atoms with Gasteiger partial charge in [0.25, 0.3) is 0 Å². The first kappa shape index (κ1) is 17.2. The molecule has 27 heavy (non-hydrogen) atoms. The van der Waals surface area contributed by atoms with E-state index in [-0.39, 0.29) is 6.61 Å². The molecule has 0 fully saturated rings. The molecule has 0 bridgehead atoms. The summed E-state index contributed by atoms with van der Waals surface area (Å²) in [5.41, 5.74) is 2.21. The van der Waals surface area contributed by atoms with Crippen molar-refractivity contribution in [3.63, 3.8) is 0 Å². The van der Waals surface area contributed by atoms with E-state index in [0.29, 0.717) is 17.2 Å². The molecule has 0 amide bonds. The maximum absolute atomic E-state index is 12.2. The minimum atomic E-state index is -0.442. The number of carbonyl (C=O) groups is 1. The van der Waals surface area contributed by atoms with Gasteiger partial charge < -0.3 is 9.15 Å². The van der Waals surface area contributed by atoms with Crippen molar-refractivity contribution < 1.29 is 13.9 Å². The molecule has 4 aromatic rings. The Morgan fingerprint density at radius 1 is 1.07 bits per heavy atom. The minimum Gasteiger partial charge on any atom is -0.452 e. The Balaban J connectivity index is 1.39. The second kappa shape index (κ2) is 7.59. The normalized spacial score (nSPS) is 10.7. The predicted molar refractivity (Wildman–Crippen MR) is 102 cm³/mol. The molecule has 0 saturated carbocycles. The highest BCUT2D eigenvalue weighted by atomic mass is 79.9. The van der Waals surface area contributed by atoms with Crippen LogP contribution in [0, 0.1) is 0 Å². The van der Waals surface area contributed by atoms with Gasteiger partial charge >= 0.3 is 5.97 Å². The first-order valence-electron chi connectivity index (χ1n) is 8.17. The lowest BCUT2D eigenvalue weighted by atomic mass is 10.2. The molecule has 0 N–H and O–H groups in total. The number of hydrogen-bond acceptors (Lipinski definition) is 5. The number of carbonyl (C=O) groups excluding carboxylic acids is 1. The van der Waals surface area contributed by atoms with E-state index in [0.717, 1.165) is 15.7 Å². The van der Waals surface area contributed by atoms with Crippen LogP contribution in [0.5, 0.6) is 0 Å². The molecule has 0 atom stereocenters. The van der Waals surface area contributed by atoms with Crippen LogP contribution < -0.4 is 0 Å². The number of oxazole rings is 1. The van der Waals surface area contributed by atoms with Gasteiger partial charge in [-0.2, -0.15) is 5.10 Å². The molecular weight excluding hydrogens is 410 g/mol. The summed E-state index contributed by atoms with van der Waals surface area (Å²) in [5.74, 6) is 0.541. The number of benzene rings is 2. The third-order valence-corrected chi connectivity index (χ3v) is 4.27. The van der Waals surface area contributed by atoms with E-state index < -0.39 is 5.97 Å². The molecule has 4 rings (SSSR count). The molecule has 0 unspecified atom stereocenters. The van der Waals surface area contributed by atoms with Crippen LogP contribution in [0.15, 0.2) is 82.1 Å². The Kier molecular flexibility index (Phi) is 4.84. The fourth-order valence-electron chi connectivity index (χ4n) is 2.52. The minimum absolute atomic E-state index is 0.0283. The third-order valence-electron chi connectivity index (χ3n) is 3.86.